The van der Waals surface area contributed by atoms with Crippen LogP contribution in [0.1, 0.15) is 0 Å². The van der Waals surface area contributed by atoms with Crippen molar-refractivity contribution in [2.75, 3.05) is 0 Å². The van der Waals surface area contributed by atoms with E-state index in [1.165, 1.54) is 6.08 Å². The van der Waals surface area contributed by atoms with Crippen LogP contribution >= 0.6 is 0 Å². The van der Waals surface area contributed by atoms with Crippen molar-refractivity contribution in [1.29, 1.82) is 0 Å². The van der Waals surface area contributed by atoms with Gasteiger partial charge in [-0.15, -0.1) is 0 Å². The lowest BCUT2D eigenvalue weighted by molar-refractivity contribution is -0.0504. The molecule has 90 valence electrons. The lowest BCUT2D eigenvalue weighted by Gasteiger charge is -2.08. The normalized spacial score (nSPS) is 13.8. The van der Waals surface area contributed by atoms with Crippen LogP contribution in [0.25, 0.3) is 0 Å². The van der Waals surface area contributed by atoms with Gasteiger partial charge in [0.2, 0.25) is 5.90 Å². The average Bonchev–Trinajstić information content (AvgIpc) is 2.12. The van der Waals surface area contributed by atoms with Crippen LogP contribution in [0.2, 0.25) is 0 Å². The van der Waals surface area contributed by atoms with Crippen molar-refractivity contribution >= 4 is 16.0 Å². The van der Waals surface area contributed by atoms with Gasteiger partial charge in [-0.1, -0.05) is 25.3 Å². The molecule has 0 aliphatic rings. The fourth-order valence-electron chi connectivity index (χ4n) is 0.492. The van der Waals surface area contributed by atoms with Gasteiger partial charge in [-0.2, -0.15) is 21.6 Å². The minimum atomic E-state index is -5.71. The molecule has 0 N–H and O–H groups in total. The van der Waals surface area contributed by atoms with Crippen LogP contribution < -0.4 is 0 Å². The van der Waals surface area contributed by atoms with Gasteiger partial charge in [0.05, 0.1) is 0 Å². The van der Waals surface area contributed by atoms with Gasteiger partial charge in [0.25, 0.3) is 0 Å². The second-order valence-electron chi connectivity index (χ2n) is 2.23. The summed E-state index contributed by atoms with van der Waals surface area (Å²) in [5.41, 5.74) is -5.50. The maximum Gasteiger partial charge on any atom is 0.534 e. The molecule has 0 unspecified atom stereocenters. The van der Waals surface area contributed by atoms with E-state index in [0.29, 0.717) is 0 Å². The number of nitrogens with zero attached hydrogens (tertiary/aromatic N) is 1. The average molecular weight is 255 g/mol. The van der Waals surface area contributed by atoms with Crippen molar-refractivity contribution in [3.05, 3.63) is 37.6 Å². The van der Waals surface area contributed by atoms with E-state index in [-0.39, 0.29) is 0 Å². The van der Waals surface area contributed by atoms with Gasteiger partial charge in [-0.05, 0) is 0 Å². The van der Waals surface area contributed by atoms with Crippen molar-refractivity contribution in [2.24, 2.45) is 4.99 Å². The monoisotopic (exact) mass is 255 g/mol. The maximum atomic E-state index is 11.9. The van der Waals surface area contributed by atoms with E-state index < -0.39 is 21.5 Å². The number of hydrogen-bond donors (Lipinski definition) is 0. The highest BCUT2D eigenvalue weighted by molar-refractivity contribution is 7.88. The fourth-order valence-corrected chi connectivity index (χ4v) is 0.910. The second-order valence-corrected chi connectivity index (χ2v) is 3.77. The molecule has 16 heavy (non-hydrogen) atoms. The number of allylic oxidation sites excluding steroid dienone is 2. The van der Waals surface area contributed by atoms with Crippen LogP contribution in [0.5, 0.6) is 0 Å². The molecule has 0 saturated heterocycles. The molecule has 0 fully saturated rings. The summed E-state index contributed by atoms with van der Waals surface area (Å²) in [6.07, 6.45) is 4.11. The molecule has 0 heterocycles. The van der Waals surface area contributed by atoms with E-state index in [2.05, 4.69) is 22.3 Å². The molecule has 0 aromatic rings. The Morgan fingerprint density at radius 2 is 1.88 bits per heavy atom. The molecule has 0 amide bonds. The zero-order chi connectivity index (χ0) is 12.8. The zero-order valence-corrected chi connectivity index (χ0v) is 8.75. The largest absolute Gasteiger partial charge is 0.534 e. The Bertz CT molecular complexity index is 420. The smallest absolute Gasteiger partial charge is 0.355 e. The Kier molecular flexibility index (Phi) is 4.96. The van der Waals surface area contributed by atoms with Crippen LogP contribution in [-0.2, 0) is 14.3 Å². The molecule has 4 nitrogen and oxygen atoms in total. The third-order valence-corrected chi connectivity index (χ3v) is 2.03. The first-order valence-electron chi connectivity index (χ1n) is 3.73. The molecule has 0 aromatic carbocycles. The van der Waals surface area contributed by atoms with Gasteiger partial charge in [-0.3, -0.25) is 0 Å². The van der Waals surface area contributed by atoms with Gasteiger partial charge < -0.3 is 4.18 Å². The molecule has 8 heteroatoms. The summed E-state index contributed by atoms with van der Waals surface area (Å²) in [6, 6.07) is 0. The van der Waals surface area contributed by atoms with Gasteiger partial charge in [0.1, 0.15) is 0 Å². The predicted octanol–water partition coefficient (Wildman–Crippen LogP) is 2.14. The van der Waals surface area contributed by atoms with Crippen molar-refractivity contribution < 1.29 is 25.8 Å². The lowest BCUT2D eigenvalue weighted by Crippen LogP contribution is -2.27. The molecule has 0 aromatic heterocycles. The van der Waals surface area contributed by atoms with E-state index in [4.69, 9.17) is 0 Å². The second kappa shape index (κ2) is 5.50. The Morgan fingerprint density at radius 1 is 1.31 bits per heavy atom. The summed E-state index contributed by atoms with van der Waals surface area (Å²) in [4.78, 5) is 3.20. The number of rotatable bonds is 4. The molecule has 0 spiro atoms. The van der Waals surface area contributed by atoms with Gasteiger partial charge in [0, 0.05) is 12.3 Å². The highest BCUT2D eigenvalue weighted by Crippen LogP contribution is 2.24. The van der Waals surface area contributed by atoms with Crippen LogP contribution in [-0.4, -0.2) is 19.8 Å². The molecule has 0 rings (SSSR count). The molecule has 0 saturated carbocycles. The Hall–Kier alpha value is -1.57. The molecule has 0 bridgehead atoms. The summed E-state index contributed by atoms with van der Waals surface area (Å²) >= 11 is 0. The summed E-state index contributed by atoms with van der Waals surface area (Å²) in [7, 11) is -5.71. The Labute approximate surface area is 90.6 Å². The van der Waals surface area contributed by atoms with Crippen LogP contribution in [0, 0.1) is 0 Å². The summed E-state index contributed by atoms with van der Waals surface area (Å²) in [5, 5.41) is 0. The highest BCUT2D eigenvalue weighted by atomic mass is 32.2. The molecule has 0 aliphatic heterocycles. The van der Waals surface area contributed by atoms with E-state index >= 15 is 0 Å². The van der Waals surface area contributed by atoms with Gasteiger partial charge >= 0.3 is 15.6 Å². The van der Waals surface area contributed by atoms with E-state index in [0.717, 1.165) is 18.4 Å². The van der Waals surface area contributed by atoms with Crippen molar-refractivity contribution in [1.82, 2.24) is 0 Å². The van der Waals surface area contributed by atoms with Crippen molar-refractivity contribution in [3.63, 3.8) is 0 Å². The first-order chi connectivity index (χ1) is 7.24. The van der Waals surface area contributed by atoms with E-state index in [1.807, 2.05) is 0 Å². The van der Waals surface area contributed by atoms with Crippen LogP contribution in [0.4, 0.5) is 13.2 Å². The first kappa shape index (κ1) is 14.4. The Morgan fingerprint density at radius 3 is 2.25 bits per heavy atom. The summed E-state index contributed by atoms with van der Waals surface area (Å²) < 4.78 is 60.6. The molecule has 0 aliphatic carbocycles. The first-order valence-corrected chi connectivity index (χ1v) is 5.14. The fraction of sp³-hybridized carbons (Fsp3) is 0.125. The maximum absolute atomic E-state index is 11.9. The van der Waals surface area contributed by atoms with Crippen LogP contribution in [0.3, 0.4) is 0 Å². The molecule has 0 radical (unpaired) electrons. The van der Waals surface area contributed by atoms with Crippen molar-refractivity contribution in [3.8, 4) is 0 Å². The van der Waals surface area contributed by atoms with Crippen LogP contribution in [0.15, 0.2) is 42.6 Å². The van der Waals surface area contributed by atoms with E-state index in [9.17, 15) is 21.6 Å². The minimum Gasteiger partial charge on any atom is -0.355 e. The topological polar surface area (TPSA) is 55.7 Å². The molecular weight excluding hydrogens is 247 g/mol. The summed E-state index contributed by atoms with van der Waals surface area (Å²) in [6.45, 7) is 6.34. The molecule has 0 atom stereocenters. The standard InChI is InChI=1S/C8H8F3NO3S/c1-3-5-6-7(12-4-2)15-16(13,14)8(9,10)11/h3-6H,1-2H2/b6-5-,12-7?. The zero-order valence-electron chi connectivity index (χ0n) is 7.94. The van der Waals surface area contributed by atoms with Crippen molar-refractivity contribution in [2.45, 2.75) is 5.51 Å². The SMILES string of the molecule is C=C/C=C\C(=NC=C)OS(=O)(=O)C(F)(F)F. The quantitative estimate of drug-likeness (QED) is 0.254. The number of halogens is 3. The van der Waals surface area contributed by atoms with E-state index in [1.54, 1.807) is 0 Å². The predicted molar refractivity (Wildman–Crippen MR) is 53.0 cm³/mol. The third kappa shape index (κ3) is 4.30. The summed E-state index contributed by atoms with van der Waals surface area (Å²) in [5.74, 6) is -0.757. The number of hydrogen-bond acceptors (Lipinski definition) is 4. The number of alkyl halides is 3. The Balaban J connectivity index is 5.06. The minimum absolute atomic E-state index is 0.757. The van der Waals surface area contributed by atoms with Gasteiger partial charge in [0.15, 0.2) is 0 Å². The highest BCUT2D eigenvalue weighted by Gasteiger charge is 2.48. The molecular formula is C8H8F3NO3S. The lowest BCUT2D eigenvalue weighted by atomic mass is 10.5. The number of aliphatic imine (C=N–C) groups is 1. The third-order valence-electron chi connectivity index (χ3n) is 1.07. The van der Waals surface area contributed by atoms with Gasteiger partial charge in [-0.25, -0.2) is 4.99 Å².